The summed E-state index contributed by atoms with van der Waals surface area (Å²) in [4.78, 5) is 23.2. The van der Waals surface area contributed by atoms with Crippen LogP contribution in [-0.4, -0.2) is 30.2 Å². The maximum absolute atomic E-state index is 13.3. The maximum atomic E-state index is 13.3. The lowest BCUT2D eigenvalue weighted by atomic mass is 10.3. The molecule has 0 heterocycles. The van der Waals surface area contributed by atoms with E-state index in [-0.39, 0.29) is 36.0 Å². The van der Waals surface area contributed by atoms with Crippen LogP contribution in [0.2, 0.25) is 0 Å². The Morgan fingerprint density at radius 3 is 2.58 bits per heavy atom. The molecule has 2 amide bonds. The van der Waals surface area contributed by atoms with Crippen LogP contribution in [0.1, 0.15) is 13.8 Å². The highest BCUT2D eigenvalue weighted by molar-refractivity contribution is 8.00. The van der Waals surface area contributed by atoms with Crippen molar-refractivity contribution in [3.8, 4) is 0 Å². The van der Waals surface area contributed by atoms with Gasteiger partial charge in [0.1, 0.15) is 5.82 Å². The van der Waals surface area contributed by atoms with Crippen LogP contribution in [-0.2, 0) is 9.59 Å². The molecule has 0 unspecified atom stereocenters. The molecule has 4 nitrogen and oxygen atoms in total. The van der Waals surface area contributed by atoms with Gasteiger partial charge in [0.05, 0.1) is 12.3 Å². The normalized spacial score (nSPS) is 10.3. The van der Waals surface area contributed by atoms with Gasteiger partial charge in [0.2, 0.25) is 11.8 Å². The van der Waals surface area contributed by atoms with Crippen molar-refractivity contribution in [2.45, 2.75) is 24.8 Å². The van der Waals surface area contributed by atoms with E-state index in [9.17, 15) is 14.0 Å². The third-order valence-electron chi connectivity index (χ3n) is 2.09. The van der Waals surface area contributed by atoms with Crippen molar-refractivity contribution >= 4 is 23.6 Å². The summed E-state index contributed by atoms with van der Waals surface area (Å²) in [5, 5.41) is 5.14. The van der Waals surface area contributed by atoms with Crippen LogP contribution < -0.4 is 10.6 Å². The minimum absolute atomic E-state index is 0.0391. The zero-order valence-corrected chi connectivity index (χ0v) is 11.7. The second-order valence-corrected chi connectivity index (χ2v) is 5.24. The van der Waals surface area contributed by atoms with Crippen molar-refractivity contribution in [3.05, 3.63) is 30.1 Å². The Bertz CT molecular complexity index is 452. The number of hydrogen-bond acceptors (Lipinski definition) is 3. The summed E-state index contributed by atoms with van der Waals surface area (Å²) in [6.07, 6.45) is 0. The van der Waals surface area contributed by atoms with Gasteiger partial charge in [0.25, 0.3) is 0 Å². The van der Waals surface area contributed by atoms with E-state index in [4.69, 9.17) is 0 Å². The largest absolute Gasteiger partial charge is 0.352 e. The fraction of sp³-hybridized carbons (Fsp3) is 0.385. The number of carbonyl (C=O) groups excluding carboxylic acids is 2. The number of rotatable bonds is 6. The lowest BCUT2D eigenvalue weighted by Gasteiger charge is -2.09. The number of benzene rings is 1. The molecule has 0 aliphatic heterocycles. The molecule has 104 valence electrons. The molecule has 1 rings (SSSR count). The SMILES string of the molecule is CC(C)NC(=O)CNC(=O)CSc1ccccc1F. The van der Waals surface area contributed by atoms with Crippen molar-refractivity contribution < 1.29 is 14.0 Å². The van der Waals surface area contributed by atoms with E-state index >= 15 is 0 Å². The first-order valence-electron chi connectivity index (χ1n) is 5.92. The molecule has 1 aromatic carbocycles. The Morgan fingerprint density at radius 2 is 1.95 bits per heavy atom. The Balaban J connectivity index is 2.29. The summed E-state index contributed by atoms with van der Waals surface area (Å²) in [7, 11) is 0. The van der Waals surface area contributed by atoms with Crippen LogP contribution >= 0.6 is 11.8 Å². The summed E-state index contributed by atoms with van der Waals surface area (Å²) >= 11 is 1.10. The van der Waals surface area contributed by atoms with E-state index in [1.165, 1.54) is 6.07 Å². The average molecular weight is 284 g/mol. The summed E-state index contributed by atoms with van der Waals surface area (Å²) < 4.78 is 13.3. The smallest absolute Gasteiger partial charge is 0.239 e. The van der Waals surface area contributed by atoms with Gasteiger partial charge in [-0.1, -0.05) is 12.1 Å². The molecule has 0 spiro atoms. The molecule has 0 aliphatic rings. The molecule has 0 saturated carbocycles. The van der Waals surface area contributed by atoms with E-state index in [1.807, 2.05) is 13.8 Å². The molecule has 0 radical (unpaired) electrons. The summed E-state index contributed by atoms with van der Waals surface area (Å²) in [6, 6.07) is 6.29. The molecule has 2 N–H and O–H groups in total. The van der Waals surface area contributed by atoms with Crippen LogP contribution in [0.3, 0.4) is 0 Å². The summed E-state index contributed by atoms with van der Waals surface area (Å²) in [5.74, 6) is -0.806. The molecule has 6 heteroatoms. The highest BCUT2D eigenvalue weighted by atomic mass is 32.2. The van der Waals surface area contributed by atoms with Crippen molar-refractivity contribution in [2.24, 2.45) is 0 Å². The highest BCUT2D eigenvalue weighted by Crippen LogP contribution is 2.20. The van der Waals surface area contributed by atoms with Gasteiger partial charge in [0.15, 0.2) is 0 Å². The van der Waals surface area contributed by atoms with Crippen LogP contribution in [0, 0.1) is 5.82 Å². The molecular weight excluding hydrogens is 267 g/mol. The number of carbonyl (C=O) groups is 2. The Hall–Kier alpha value is -1.56. The minimum atomic E-state index is -0.349. The Kier molecular flexibility index (Phi) is 6.35. The molecule has 0 fully saturated rings. The first-order chi connectivity index (χ1) is 8.99. The van der Waals surface area contributed by atoms with E-state index in [2.05, 4.69) is 10.6 Å². The standard InChI is InChI=1S/C13H17FN2O2S/c1-9(2)16-12(17)7-15-13(18)8-19-11-6-4-3-5-10(11)14/h3-6,9H,7-8H2,1-2H3,(H,15,18)(H,16,17). The Labute approximate surface area is 116 Å². The fourth-order valence-corrected chi connectivity index (χ4v) is 2.08. The van der Waals surface area contributed by atoms with Gasteiger partial charge in [-0.3, -0.25) is 9.59 Å². The van der Waals surface area contributed by atoms with E-state index in [0.717, 1.165) is 11.8 Å². The molecule has 19 heavy (non-hydrogen) atoms. The molecule has 0 saturated heterocycles. The zero-order valence-electron chi connectivity index (χ0n) is 10.9. The molecule has 0 atom stereocenters. The first-order valence-corrected chi connectivity index (χ1v) is 6.91. The van der Waals surface area contributed by atoms with Gasteiger partial charge in [0, 0.05) is 10.9 Å². The van der Waals surface area contributed by atoms with Gasteiger partial charge < -0.3 is 10.6 Å². The topological polar surface area (TPSA) is 58.2 Å². The molecule has 1 aromatic rings. The van der Waals surface area contributed by atoms with Gasteiger partial charge >= 0.3 is 0 Å². The third-order valence-corrected chi connectivity index (χ3v) is 3.14. The minimum Gasteiger partial charge on any atom is -0.352 e. The van der Waals surface area contributed by atoms with E-state index < -0.39 is 0 Å². The number of thioether (sulfide) groups is 1. The molecular formula is C13H17FN2O2S. The van der Waals surface area contributed by atoms with Crippen LogP contribution in [0.25, 0.3) is 0 Å². The quantitative estimate of drug-likeness (QED) is 0.779. The Morgan fingerprint density at radius 1 is 1.26 bits per heavy atom. The molecule has 0 bridgehead atoms. The predicted molar refractivity (Wildman–Crippen MR) is 73.4 cm³/mol. The summed E-state index contributed by atoms with van der Waals surface area (Å²) in [6.45, 7) is 3.62. The second-order valence-electron chi connectivity index (χ2n) is 4.22. The summed E-state index contributed by atoms with van der Waals surface area (Å²) in [5.41, 5.74) is 0. The third kappa shape index (κ3) is 6.24. The zero-order chi connectivity index (χ0) is 14.3. The number of nitrogens with one attached hydrogen (secondary N) is 2. The number of hydrogen-bond donors (Lipinski definition) is 2. The lowest BCUT2D eigenvalue weighted by molar-refractivity contribution is -0.125. The van der Waals surface area contributed by atoms with Gasteiger partial charge in [-0.05, 0) is 26.0 Å². The number of halogens is 1. The van der Waals surface area contributed by atoms with Crippen LogP contribution in [0.15, 0.2) is 29.2 Å². The lowest BCUT2D eigenvalue weighted by Crippen LogP contribution is -2.40. The maximum Gasteiger partial charge on any atom is 0.239 e. The average Bonchev–Trinajstić information content (AvgIpc) is 2.34. The second kappa shape index (κ2) is 7.78. The van der Waals surface area contributed by atoms with E-state index in [0.29, 0.717) is 4.90 Å². The van der Waals surface area contributed by atoms with Crippen LogP contribution in [0.5, 0.6) is 0 Å². The highest BCUT2D eigenvalue weighted by Gasteiger charge is 2.08. The van der Waals surface area contributed by atoms with Crippen LogP contribution in [0.4, 0.5) is 4.39 Å². The predicted octanol–water partition coefficient (Wildman–Crippen LogP) is 1.56. The van der Waals surface area contributed by atoms with Crippen molar-refractivity contribution in [3.63, 3.8) is 0 Å². The monoisotopic (exact) mass is 284 g/mol. The first kappa shape index (κ1) is 15.5. The van der Waals surface area contributed by atoms with Gasteiger partial charge in [-0.2, -0.15) is 0 Å². The fourth-order valence-electron chi connectivity index (χ4n) is 1.31. The van der Waals surface area contributed by atoms with Gasteiger partial charge in [-0.25, -0.2) is 4.39 Å². The van der Waals surface area contributed by atoms with E-state index in [1.54, 1.807) is 18.2 Å². The molecule has 0 aromatic heterocycles. The van der Waals surface area contributed by atoms with Crippen molar-refractivity contribution in [1.82, 2.24) is 10.6 Å². The molecule has 0 aliphatic carbocycles. The van der Waals surface area contributed by atoms with Gasteiger partial charge in [-0.15, -0.1) is 11.8 Å². The van der Waals surface area contributed by atoms with Crippen molar-refractivity contribution in [2.75, 3.05) is 12.3 Å². The number of amides is 2. The van der Waals surface area contributed by atoms with Crippen molar-refractivity contribution in [1.29, 1.82) is 0 Å².